The van der Waals surface area contributed by atoms with Crippen LogP contribution in [0.5, 0.6) is 5.75 Å². The Bertz CT molecular complexity index is 1000. The largest absolute Gasteiger partial charge is 0.490 e. The molecule has 0 spiro atoms. The van der Waals surface area contributed by atoms with Crippen molar-refractivity contribution in [3.8, 4) is 5.75 Å². The van der Waals surface area contributed by atoms with E-state index in [4.69, 9.17) is 16.3 Å². The van der Waals surface area contributed by atoms with Gasteiger partial charge in [0, 0.05) is 18.4 Å². The molecule has 0 atom stereocenters. The maximum absolute atomic E-state index is 12.7. The van der Waals surface area contributed by atoms with Gasteiger partial charge in [0.25, 0.3) is 0 Å². The molecule has 0 fully saturated rings. The lowest BCUT2D eigenvalue weighted by Gasteiger charge is -2.16. The molecule has 0 saturated heterocycles. The van der Waals surface area contributed by atoms with E-state index in [2.05, 4.69) is 40.1 Å². The minimum absolute atomic E-state index is 0.323. The van der Waals surface area contributed by atoms with E-state index in [1.807, 2.05) is 30.3 Å². The Morgan fingerprint density at radius 2 is 1.61 bits per heavy atom. The number of amides is 2. The number of hydrogen-bond donors (Lipinski definition) is 2. The number of hydrogen-bond acceptors (Lipinski definition) is 4. The zero-order chi connectivity index (χ0) is 26.8. The molecular weight excluding hydrogens is 514 g/mol. The molecule has 1 aliphatic rings. The molecule has 0 unspecified atom stereocenters. The number of thioether (sulfide) groups is 1. The molecule has 2 N–H and O–H groups in total. The van der Waals surface area contributed by atoms with E-state index in [0.29, 0.717) is 23.1 Å². The fraction of sp³-hybridized carbons (Fsp3) is 0.516. The summed E-state index contributed by atoms with van der Waals surface area (Å²) < 4.78 is 6.02. The van der Waals surface area contributed by atoms with Crippen molar-refractivity contribution in [2.24, 2.45) is 0 Å². The first kappa shape index (κ1) is 30.2. The maximum atomic E-state index is 12.7. The Kier molecular flexibility index (Phi) is 14.4. The second-order valence-corrected chi connectivity index (χ2v) is 11.2. The summed E-state index contributed by atoms with van der Waals surface area (Å²) in [5.41, 5.74) is 2.46. The smallest absolute Gasteiger partial charge is 0.323 e. The molecule has 7 heteroatoms. The Morgan fingerprint density at radius 3 is 2.29 bits per heavy atom. The van der Waals surface area contributed by atoms with Crippen LogP contribution in [0.1, 0.15) is 89.5 Å². The van der Waals surface area contributed by atoms with Gasteiger partial charge in [0.05, 0.1) is 23.2 Å². The lowest BCUT2D eigenvalue weighted by Crippen LogP contribution is -2.20. The summed E-state index contributed by atoms with van der Waals surface area (Å²) in [6, 6.07) is 13.0. The molecule has 0 radical (unpaired) electrons. The number of nitrogens with zero attached hydrogens (tertiary/aromatic N) is 1. The number of rotatable bonds is 18. The number of ether oxygens (including phenoxy) is 1. The van der Waals surface area contributed by atoms with Gasteiger partial charge < -0.3 is 20.3 Å². The van der Waals surface area contributed by atoms with E-state index >= 15 is 0 Å². The molecule has 0 aromatic heterocycles. The maximum Gasteiger partial charge on any atom is 0.323 e. The summed E-state index contributed by atoms with van der Waals surface area (Å²) in [5.74, 6) is 1.48. The lowest BCUT2D eigenvalue weighted by atomic mass is 10.1. The highest BCUT2D eigenvalue weighted by Crippen LogP contribution is 2.33. The number of para-hydroxylation sites is 1. The van der Waals surface area contributed by atoms with Crippen molar-refractivity contribution in [2.45, 2.75) is 90.5 Å². The van der Waals surface area contributed by atoms with Crippen LogP contribution in [0.2, 0.25) is 5.02 Å². The minimum atomic E-state index is -0.323. The van der Waals surface area contributed by atoms with Crippen molar-refractivity contribution in [1.29, 1.82) is 0 Å². The number of anilines is 2. The fourth-order valence-electron chi connectivity index (χ4n) is 4.55. The van der Waals surface area contributed by atoms with E-state index in [9.17, 15) is 4.79 Å². The van der Waals surface area contributed by atoms with Crippen molar-refractivity contribution in [3.63, 3.8) is 0 Å². The summed E-state index contributed by atoms with van der Waals surface area (Å²) in [4.78, 5) is 15.0. The first-order chi connectivity index (χ1) is 18.7. The van der Waals surface area contributed by atoms with Gasteiger partial charge >= 0.3 is 6.03 Å². The molecule has 38 heavy (non-hydrogen) atoms. The van der Waals surface area contributed by atoms with Gasteiger partial charge in [-0.15, -0.1) is 11.8 Å². The zero-order valence-electron chi connectivity index (χ0n) is 22.9. The molecule has 2 aromatic rings. The monoisotopic (exact) mass is 557 g/mol. The molecular formula is C31H44ClN3O2S. The molecule has 0 aliphatic carbocycles. The van der Waals surface area contributed by atoms with E-state index in [0.717, 1.165) is 36.5 Å². The molecule has 5 nitrogen and oxygen atoms in total. The Labute approximate surface area is 238 Å². The molecule has 2 amide bonds. The van der Waals surface area contributed by atoms with E-state index in [1.165, 1.54) is 64.2 Å². The number of nitrogens with one attached hydrogen (secondary N) is 2. The number of carbonyl (C=O) groups excluding carboxylic acids is 1. The van der Waals surface area contributed by atoms with Crippen LogP contribution in [-0.2, 0) is 6.54 Å². The first-order valence-corrected chi connectivity index (χ1v) is 15.7. The van der Waals surface area contributed by atoms with Crippen LogP contribution in [0.25, 0.3) is 0 Å². The Hall–Kier alpha value is -2.31. The standard InChI is InChI=1S/C31H44ClN3O2S/c1-2-3-4-5-6-7-8-9-10-11-12-13-21-37-30-28(32)18-15-19-29(30)34-31(36)33-27-17-14-16-26(23-27)24-35-20-22-38-25-35/h14-20,22-23H,2-13,21,24-25H2,1H3,(H2,33,34,36). The van der Waals surface area contributed by atoms with Gasteiger partial charge in [0.2, 0.25) is 0 Å². The topological polar surface area (TPSA) is 53.6 Å². The Morgan fingerprint density at radius 1 is 0.921 bits per heavy atom. The highest BCUT2D eigenvalue weighted by Gasteiger charge is 2.12. The van der Waals surface area contributed by atoms with Crippen LogP contribution in [0.4, 0.5) is 16.2 Å². The van der Waals surface area contributed by atoms with E-state index in [1.54, 1.807) is 17.8 Å². The number of halogens is 1. The summed E-state index contributed by atoms with van der Waals surface area (Å²) in [6.45, 7) is 3.66. The van der Waals surface area contributed by atoms with Crippen LogP contribution in [0.3, 0.4) is 0 Å². The van der Waals surface area contributed by atoms with Crippen LogP contribution in [0.15, 0.2) is 54.1 Å². The molecule has 0 bridgehead atoms. The highest BCUT2D eigenvalue weighted by atomic mass is 35.5. The Balaban J connectivity index is 1.35. The zero-order valence-corrected chi connectivity index (χ0v) is 24.4. The average Bonchev–Trinajstić information content (AvgIpc) is 3.41. The molecule has 0 saturated carbocycles. The van der Waals surface area contributed by atoms with Gasteiger partial charge in [-0.2, -0.15) is 0 Å². The van der Waals surface area contributed by atoms with Crippen LogP contribution in [-0.4, -0.2) is 23.4 Å². The predicted octanol–water partition coefficient (Wildman–Crippen LogP) is 10.0. The molecule has 1 heterocycles. The molecule has 3 rings (SSSR count). The van der Waals surface area contributed by atoms with Crippen LogP contribution in [0, 0.1) is 0 Å². The van der Waals surface area contributed by atoms with Gasteiger partial charge in [0.1, 0.15) is 0 Å². The average molecular weight is 558 g/mol. The van der Waals surface area contributed by atoms with Crippen LogP contribution < -0.4 is 15.4 Å². The van der Waals surface area contributed by atoms with Gasteiger partial charge in [-0.05, 0) is 41.7 Å². The predicted molar refractivity (Wildman–Crippen MR) is 164 cm³/mol. The van der Waals surface area contributed by atoms with E-state index in [-0.39, 0.29) is 6.03 Å². The third-order valence-electron chi connectivity index (χ3n) is 6.64. The van der Waals surface area contributed by atoms with E-state index < -0.39 is 0 Å². The van der Waals surface area contributed by atoms with Crippen molar-refractivity contribution >= 4 is 40.8 Å². The second kappa shape index (κ2) is 18.1. The number of urea groups is 1. The van der Waals surface area contributed by atoms with Gasteiger partial charge in [-0.25, -0.2) is 4.79 Å². The number of carbonyl (C=O) groups is 1. The minimum Gasteiger partial charge on any atom is -0.490 e. The quantitative estimate of drug-likeness (QED) is 0.179. The third-order valence-corrected chi connectivity index (χ3v) is 7.73. The molecule has 208 valence electrons. The third kappa shape index (κ3) is 11.6. The summed E-state index contributed by atoms with van der Waals surface area (Å²) in [5, 5.41) is 8.43. The second-order valence-electron chi connectivity index (χ2n) is 9.96. The summed E-state index contributed by atoms with van der Waals surface area (Å²) in [6.07, 6.45) is 17.7. The van der Waals surface area contributed by atoms with Crippen molar-refractivity contribution in [3.05, 3.63) is 64.7 Å². The number of unbranched alkanes of at least 4 members (excludes halogenated alkanes) is 11. The van der Waals surface area contributed by atoms with Crippen molar-refractivity contribution in [1.82, 2.24) is 4.90 Å². The highest BCUT2D eigenvalue weighted by molar-refractivity contribution is 8.02. The summed E-state index contributed by atoms with van der Waals surface area (Å²) in [7, 11) is 0. The SMILES string of the molecule is CCCCCCCCCCCCCCOc1c(Cl)cccc1NC(=O)Nc1cccc(CN2C=CSC2)c1. The fourth-order valence-corrected chi connectivity index (χ4v) is 5.49. The van der Waals surface area contributed by atoms with Crippen molar-refractivity contribution < 1.29 is 9.53 Å². The summed E-state index contributed by atoms with van der Waals surface area (Å²) >= 11 is 8.19. The molecule has 1 aliphatic heterocycles. The van der Waals surface area contributed by atoms with Gasteiger partial charge in [0.15, 0.2) is 5.75 Å². The molecule has 2 aromatic carbocycles. The van der Waals surface area contributed by atoms with Crippen LogP contribution >= 0.6 is 23.4 Å². The number of benzene rings is 2. The van der Waals surface area contributed by atoms with Gasteiger partial charge in [-0.3, -0.25) is 0 Å². The van der Waals surface area contributed by atoms with Gasteiger partial charge in [-0.1, -0.05) is 107 Å². The lowest BCUT2D eigenvalue weighted by molar-refractivity contribution is 0.261. The van der Waals surface area contributed by atoms with Crippen molar-refractivity contribution in [2.75, 3.05) is 23.1 Å². The normalized spacial score (nSPS) is 12.6. The first-order valence-electron chi connectivity index (χ1n) is 14.3.